The molecule has 2 fully saturated rings. The van der Waals surface area contributed by atoms with Crippen LogP contribution in [0.1, 0.15) is 21.1 Å². The second kappa shape index (κ2) is 7.15. The molecule has 7 nitrogen and oxygen atoms in total. The van der Waals surface area contributed by atoms with Gasteiger partial charge in [-0.3, -0.25) is 9.69 Å². The first kappa shape index (κ1) is 16.6. The highest BCUT2D eigenvalue weighted by Crippen LogP contribution is 2.34. The molecule has 0 saturated carbocycles. The SMILES string of the molecule is Cc1nc(CN2C[C@H]3[C@@H](CNC(=O)c4ccnnc4)CO[C@H]3C2)cs1. The first-order chi connectivity index (χ1) is 12.2. The number of ether oxygens (including phenoxy) is 1. The largest absolute Gasteiger partial charge is 0.376 e. The third-order valence-electron chi connectivity index (χ3n) is 4.94. The van der Waals surface area contributed by atoms with Crippen LogP contribution in [0.15, 0.2) is 23.8 Å². The fourth-order valence-electron chi connectivity index (χ4n) is 3.68. The van der Waals surface area contributed by atoms with Gasteiger partial charge in [0.05, 0.1) is 41.4 Å². The van der Waals surface area contributed by atoms with Crippen molar-refractivity contribution < 1.29 is 9.53 Å². The summed E-state index contributed by atoms with van der Waals surface area (Å²) >= 11 is 1.69. The molecule has 2 saturated heterocycles. The lowest BCUT2D eigenvalue weighted by Crippen LogP contribution is -2.34. The number of rotatable bonds is 5. The number of nitrogens with zero attached hydrogens (tertiary/aromatic N) is 4. The monoisotopic (exact) mass is 359 g/mol. The molecule has 0 aromatic carbocycles. The molecule has 2 aromatic rings. The fourth-order valence-corrected chi connectivity index (χ4v) is 4.28. The minimum absolute atomic E-state index is 0.105. The summed E-state index contributed by atoms with van der Waals surface area (Å²) in [7, 11) is 0. The van der Waals surface area contributed by atoms with E-state index in [0.717, 1.165) is 30.3 Å². The molecule has 3 atom stereocenters. The third-order valence-corrected chi connectivity index (χ3v) is 5.76. The molecular formula is C17H21N5O2S. The number of nitrogens with one attached hydrogen (secondary N) is 1. The van der Waals surface area contributed by atoms with Gasteiger partial charge in [-0.2, -0.15) is 10.2 Å². The number of hydrogen-bond acceptors (Lipinski definition) is 7. The number of amides is 1. The molecule has 8 heteroatoms. The Morgan fingerprint density at radius 1 is 1.44 bits per heavy atom. The summed E-state index contributed by atoms with van der Waals surface area (Å²) in [5.41, 5.74) is 1.68. The predicted octanol–water partition coefficient (Wildman–Crippen LogP) is 1.12. The lowest BCUT2D eigenvalue weighted by molar-refractivity contribution is 0.0902. The maximum Gasteiger partial charge on any atom is 0.252 e. The minimum atomic E-state index is -0.105. The number of aromatic nitrogens is 3. The number of hydrogen-bond donors (Lipinski definition) is 1. The Morgan fingerprint density at radius 2 is 2.36 bits per heavy atom. The quantitative estimate of drug-likeness (QED) is 0.862. The van der Waals surface area contributed by atoms with E-state index in [1.165, 1.54) is 12.4 Å². The van der Waals surface area contributed by atoms with Gasteiger partial charge >= 0.3 is 0 Å². The van der Waals surface area contributed by atoms with Gasteiger partial charge in [-0.25, -0.2) is 4.98 Å². The van der Waals surface area contributed by atoms with Crippen molar-refractivity contribution in [1.82, 2.24) is 25.4 Å². The third kappa shape index (κ3) is 3.70. The zero-order valence-corrected chi connectivity index (χ0v) is 14.9. The summed E-state index contributed by atoms with van der Waals surface area (Å²) in [4.78, 5) is 19.1. The van der Waals surface area contributed by atoms with Gasteiger partial charge in [-0.1, -0.05) is 0 Å². The Labute approximate surface area is 150 Å². The van der Waals surface area contributed by atoms with E-state index in [1.54, 1.807) is 17.4 Å². The molecule has 2 aliphatic heterocycles. The number of aryl methyl sites for hydroxylation is 1. The van der Waals surface area contributed by atoms with Crippen LogP contribution in [0, 0.1) is 18.8 Å². The Bertz CT molecular complexity index is 738. The van der Waals surface area contributed by atoms with Crippen LogP contribution in [-0.2, 0) is 11.3 Å². The molecule has 2 aromatic heterocycles. The zero-order valence-electron chi connectivity index (χ0n) is 14.1. The van der Waals surface area contributed by atoms with Crippen LogP contribution in [0.5, 0.6) is 0 Å². The molecule has 1 amide bonds. The van der Waals surface area contributed by atoms with E-state index < -0.39 is 0 Å². The molecule has 0 aliphatic carbocycles. The summed E-state index contributed by atoms with van der Waals surface area (Å²) in [6.45, 7) is 6.20. The van der Waals surface area contributed by atoms with Gasteiger partial charge in [0.1, 0.15) is 0 Å². The summed E-state index contributed by atoms with van der Waals surface area (Å²) in [5.74, 6) is 0.715. The standard InChI is InChI=1S/C17H21N5O2S/c1-11-21-14(10-25-11)6-22-7-15-13(9-24-16(15)8-22)4-18-17(23)12-2-3-19-20-5-12/h2-3,5,10,13,15-16H,4,6-9H2,1H3,(H,18,23)/t13-,15-,16-/m0/s1. The van der Waals surface area contributed by atoms with E-state index >= 15 is 0 Å². The van der Waals surface area contributed by atoms with Crippen molar-refractivity contribution in [2.24, 2.45) is 11.8 Å². The Balaban J connectivity index is 1.30. The van der Waals surface area contributed by atoms with Gasteiger partial charge in [-0.05, 0) is 13.0 Å². The smallest absolute Gasteiger partial charge is 0.252 e. The highest BCUT2D eigenvalue weighted by Gasteiger charge is 2.43. The van der Waals surface area contributed by atoms with Crippen molar-refractivity contribution in [2.45, 2.75) is 19.6 Å². The maximum absolute atomic E-state index is 12.2. The van der Waals surface area contributed by atoms with Crippen molar-refractivity contribution in [1.29, 1.82) is 0 Å². The second-order valence-electron chi connectivity index (χ2n) is 6.69. The van der Waals surface area contributed by atoms with Gasteiger partial charge < -0.3 is 10.1 Å². The van der Waals surface area contributed by atoms with Gasteiger partial charge in [0, 0.05) is 43.4 Å². The van der Waals surface area contributed by atoms with Gasteiger partial charge in [-0.15, -0.1) is 11.3 Å². The van der Waals surface area contributed by atoms with E-state index in [-0.39, 0.29) is 12.0 Å². The van der Waals surface area contributed by atoms with Crippen LogP contribution >= 0.6 is 11.3 Å². The van der Waals surface area contributed by atoms with E-state index in [1.807, 2.05) is 6.92 Å². The first-order valence-electron chi connectivity index (χ1n) is 8.49. The van der Waals surface area contributed by atoms with Crippen molar-refractivity contribution in [3.63, 3.8) is 0 Å². The van der Waals surface area contributed by atoms with Crippen LogP contribution in [0.3, 0.4) is 0 Å². The van der Waals surface area contributed by atoms with Crippen molar-refractivity contribution in [3.8, 4) is 0 Å². The van der Waals surface area contributed by atoms with Crippen LogP contribution in [0.25, 0.3) is 0 Å². The van der Waals surface area contributed by atoms with Crippen LogP contribution < -0.4 is 5.32 Å². The molecule has 25 heavy (non-hydrogen) atoms. The summed E-state index contributed by atoms with van der Waals surface area (Å²) in [6.07, 6.45) is 3.28. The predicted molar refractivity (Wildman–Crippen MR) is 93.2 cm³/mol. The molecule has 0 bridgehead atoms. The van der Waals surface area contributed by atoms with E-state index in [9.17, 15) is 4.79 Å². The van der Waals surface area contributed by atoms with Crippen LogP contribution in [0.4, 0.5) is 0 Å². The maximum atomic E-state index is 12.2. The van der Waals surface area contributed by atoms with Crippen LogP contribution in [-0.4, -0.2) is 58.3 Å². The Morgan fingerprint density at radius 3 is 3.12 bits per heavy atom. The molecule has 1 N–H and O–H groups in total. The van der Waals surface area contributed by atoms with Crippen molar-refractivity contribution >= 4 is 17.2 Å². The van der Waals surface area contributed by atoms with Crippen molar-refractivity contribution in [2.75, 3.05) is 26.2 Å². The van der Waals surface area contributed by atoms with Crippen molar-refractivity contribution in [3.05, 3.63) is 40.1 Å². The highest BCUT2D eigenvalue weighted by molar-refractivity contribution is 7.09. The zero-order chi connectivity index (χ0) is 17.2. The topological polar surface area (TPSA) is 80.2 Å². The lowest BCUT2D eigenvalue weighted by atomic mass is 9.93. The molecular weight excluding hydrogens is 338 g/mol. The fraction of sp³-hybridized carbons (Fsp3) is 0.529. The average molecular weight is 359 g/mol. The Hall–Kier alpha value is -1.90. The second-order valence-corrected chi connectivity index (χ2v) is 7.75. The molecule has 132 valence electrons. The number of likely N-dealkylation sites (tertiary alicyclic amines) is 1. The average Bonchev–Trinajstić information content (AvgIpc) is 3.30. The molecule has 0 spiro atoms. The molecule has 4 heterocycles. The van der Waals surface area contributed by atoms with Crippen LogP contribution in [0.2, 0.25) is 0 Å². The van der Waals surface area contributed by atoms with Gasteiger partial charge in [0.25, 0.3) is 5.91 Å². The molecule has 0 unspecified atom stereocenters. The molecule has 4 rings (SSSR count). The summed E-state index contributed by atoms with van der Waals surface area (Å²) < 4.78 is 5.97. The molecule has 0 radical (unpaired) electrons. The summed E-state index contributed by atoms with van der Waals surface area (Å²) in [5, 5.41) is 13.7. The van der Waals surface area contributed by atoms with E-state index in [4.69, 9.17) is 4.74 Å². The van der Waals surface area contributed by atoms with Gasteiger partial charge in [0.2, 0.25) is 0 Å². The Kier molecular flexibility index (Phi) is 4.74. The van der Waals surface area contributed by atoms with E-state index in [0.29, 0.717) is 30.6 Å². The number of carbonyl (C=O) groups is 1. The molecule has 2 aliphatic rings. The first-order valence-corrected chi connectivity index (χ1v) is 9.37. The minimum Gasteiger partial charge on any atom is -0.376 e. The van der Waals surface area contributed by atoms with Gasteiger partial charge in [0.15, 0.2) is 0 Å². The number of carbonyl (C=O) groups excluding carboxylic acids is 1. The summed E-state index contributed by atoms with van der Waals surface area (Å²) in [6, 6.07) is 1.67. The lowest BCUT2D eigenvalue weighted by Gasteiger charge is -2.19. The normalized spacial score (nSPS) is 25.9. The number of fused-ring (bicyclic) bond motifs is 1. The number of thiazole rings is 1. The highest BCUT2D eigenvalue weighted by atomic mass is 32.1. The van der Waals surface area contributed by atoms with E-state index in [2.05, 4.69) is 30.8 Å².